The molecule has 2 heterocycles. The van der Waals surface area contributed by atoms with Gasteiger partial charge in [-0.1, -0.05) is 66.2 Å². The van der Waals surface area contributed by atoms with Crippen LogP contribution in [-0.4, -0.2) is 19.9 Å². The van der Waals surface area contributed by atoms with Crippen LogP contribution in [0.2, 0.25) is 0 Å². The molecule has 2 aliphatic rings. The zero-order valence-corrected chi connectivity index (χ0v) is 29.1. The maximum atomic E-state index is 16.8. The van der Waals surface area contributed by atoms with E-state index in [1.165, 1.54) is 12.1 Å². The van der Waals surface area contributed by atoms with E-state index >= 15 is 8.78 Å². The summed E-state index contributed by atoms with van der Waals surface area (Å²) in [5.74, 6) is -2.18. The van der Waals surface area contributed by atoms with Gasteiger partial charge in [0.1, 0.15) is 22.1 Å². The number of nitrogens with zero attached hydrogens (tertiary/aromatic N) is 8. The summed E-state index contributed by atoms with van der Waals surface area (Å²) in [6.07, 6.45) is -4.54. The zero-order valence-electron chi connectivity index (χ0n) is 29.1. The molecular weight excluding hydrogens is 736 g/mol. The van der Waals surface area contributed by atoms with E-state index in [9.17, 15) is 23.7 Å². The fraction of sp³-hybridized carbons (Fsp3) is 0.0455. The summed E-state index contributed by atoms with van der Waals surface area (Å²) >= 11 is 0. The number of rotatable bonds is 2. The van der Waals surface area contributed by atoms with Crippen LogP contribution in [0.15, 0.2) is 96.3 Å². The van der Waals surface area contributed by atoms with Gasteiger partial charge in [-0.15, -0.1) is 0 Å². The van der Waals surface area contributed by atoms with E-state index in [1.807, 2.05) is 49.4 Å². The van der Waals surface area contributed by atoms with Gasteiger partial charge in [-0.2, -0.15) is 13.2 Å². The second kappa shape index (κ2) is 12.5. The lowest BCUT2D eigenvalue weighted by Gasteiger charge is -2.10. The standard InChI is InChI=1S/C44H17F5N8/c1-20-4-6-21(7-5-20)23-10-14-26-28(16-23)32(30(18-50)52-2)38-36(26)54-40-34(45)43-41(35(46)42(40)56-38)55-37-27-15-11-24(22-8-12-25(13-9-22)44(47,48)49)17-29(27)33(39(37)57-43)31(19-51)53-3/h4-17H,1H3/b32-30+,33-31-. The lowest BCUT2D eigenvalue weighted by Crippen LogP contribution is -2.03. The van der Waals surface area contributed by atoms with Gasteiger partial charge in [0.25, 0.3) is 11.4 Å². The summed E-state index contributed by atoms with van der Waals surface area (Å²) in [4.78, 5) is 24.8. The highest BCUT2D eigenvalue weighted by molar-refractivity contribution is 6.07. The Balaban J connectivity index is 1.26. The molecule has 57 heavy (non-hydrogen) atoms. The Morgan fingerprint density at radius 1 is 0.544 bits per heavy atom. The van der Waals surface area contributed by atoms with E-state index in [0.29, 0.717) is 27.8 Å². The summed E-state index contributed by atoms with van der Waals surface area (Å²) in [6, 6.07) is 25.9. The molecule has 0 saturated heterocycles. The van der Waals surface area contributed by atoms with Crippen molar-refractivity contribution in [3.05, 3.63) is 164 Å². The van der Waals surface area contributed by atoms with Crippen molar-refractivity contribution in [2.75, 3.05) is 0 Å². The van der Waals surface area contributed by atoms with Crippen LogP contribution in [0.25, 0.3) is 87.7 Å². The minimum absolute atomic E-state index is 0.00290. The molecule has 0 bridgehead atoms. The number of alkyl halides is 3. The summed E-state index contributed by atoms with van der Waals surface area (Å²) in [5.41, 5.74) is 1.55. The van der Waals surface area contributed by atoms with E-state index in [2.05, 4.69) is 29.6 Å². The maximum absolute atomic E-state index is 16.8. The highest BCUT2D eigenvalue weighted by Gasteiger charge is 2.35. The Morgan fingerprint density at radius 3 is 1.28 bits per heavy atom. The predicted octanol–water partition coefficient (Wildman–Crippen LogP) is 10.9. The molecule has 9 rings (SSSR count). The molecule has 7 aromatic rings. The second-order valence-electron chi connectivity index (χ2n) is 13.2. The lowest BCUT2D eigenvalue weighted by molar-refractivity contribution is -0.137. The second-order valence-corrected chi connectivity index (χ2v) is 13.2. The monoisotopic (exact) mass is 752 g/mol. The van der Waals surface area contributed by atoms with E-state index in [0.717, 1.165) is 28.8 Å². The van der Waals surface area contributed by atoms with E-state index in [-0.39, 0.29) is 45.2 Å². The van der Waals surface area contributed by atoms with E-state index in [4.69, 9.17) is 13.1 Å². The molecule has 0 radical (unpaired) electrons. The van der Waals surface area contributed by atoms with Gasteiger partial charge in [-0.3, -0.25) is 0 Å². The van der Waals surface area contributed by atoms with Crippen LogP contribution in [-0.2, 0) is 6.18 Å². The molecule has 0 fully saturated rings. The van der Waals surface area contributed by atoms with Gasteiger partial charge in [-0.25, -0.2) is 48.9 Å². The number of aromatic nitrogens is 4. The number of hydrogen-bond donors (Lipinski definition) is 0. The molecule has 0 amide bonds. The third kappa shape index (κ3) is 5.15. The minimum atomic E-state index is -4.54. The fourth-order valence-electron chi connectivity index (χ4n) is 7.31. The Morgan fingerprint density at radius 2 is 0.912 bits per heavy atom. The molecule has 2 aliphatic carbocycles. The van der Waals surface area contributed by atoms with Gasteiger partial charge >= 0.3 is 6.18 Å². The van der Waals surface area contributed by atoms with Gasteiger partial charge in [0.05, 0.1) is 53.6 Å². The van der Waals surface area contributed by atoms with Crippen LogP contribution >= 0.6 is 0 Å². The first-order valence-electron chi connectivity index (χ1n) is 16.9. The van der Waals surface area contributed by atoms with Crippen molar-refractivity contribution in [1.29, 1.82) is 10.5 Å². The van der Waals surface area contributed by atoms with Crippen LogP contribution in [0.4, 0.5) is 22.0 Å². The number of allylic oxidation sites excluding steroid dienone is 2. The Bertz CT molecular complexity index is 3190. The average molecular weight is 753 g/mol. The van der Waals surface area contributed by atoms with E-state index < -0.39 is 51.1 Å². The van der Waals surface area contributed by atoms with E-state index in [1.54, 1.807) is 30.3 Å². The third-order valence-corrected chi connectivity index (χ3v) is 10.0. The van der Waals surface area contributed by atoms with Gasteiger partial charge < -0.3 is 0 Å². The lowest BCUT2D eigenvalue weighted by atomic mass is 9.97. The molecule has 0 spiro atoms. The summed E-state index contributed by atoms with van der Waals surface area (Å²) in [7, 11) is 0. The molecule has 0 atom stereocenters. The Kier molecular flexibility index (Phi) is 7.57. The maximum Gasteiger partial charge on any atom is 0.416 e. The summed E-state index contributed by atoms with van der Waals surface area (Å²) in [5, 5.41) is 20.0. The van der Waals surface area contributed by atoms with Crippen molar-refractivity contribution in [1.82, 2.24) is 19.9 Å². The van der Waals surface area contributed by atoms with Crippen molar-refractivity contribution in [3.63, 3.8) is 0 Å². The normalized spacial score (nSPS) is 14.1. The highest BCUT2D eigenvalue weighted by Crippen LogP contribution is 2.49. The predicted molar refractivity (Wildman–Crippen MR) is 201 cm³/mol. The van der Waals surface area contributed by atoms with Crippen LogP contribution in [0.5, 0.6) is 0 Å². The minimum Gasteiger partial charge on any atom is -0.242 e. The molecule has 13 heteroatoms. The molecule has 0 saturated carbocycles. The first-order chi connectivity index (χ1) is 27.4. The third-order valence-electron chi connectivity index (χ3n) is 10.0. The van der Waals surface area contributed by atoms with Crippen LogP contribution in [0.1, 0.15) is 33.6 Å². The molecule has 0 N–H and O–H groups in total. The molecule has 8 nitrogen and oxygen atoms in total. The van der Waals surface area contributed by atoms with Crippen molar-refractivity contribution in [3.8, 4) is 56.9 Å². The smallest absolute Gasteiger partial charge is 0.242 e. The molecule has 5 aromatic carbocycles. The molecule has 268 valence electrons. The molecular formula is C44H17F5N8. The topological polar surface area (TPSA) is 108 Å². The molecule has 0 aliphatic heterocycles. The number of fused-ring (bicyclic) bond motifs is 8. The summed E-state index contributed by atoms with van der Waals surface area (Å²) < 4.78 is 73.3. The largest absolute Gasteiger partial charge is 0.416 e. The Labute approximate surface area is 319 Å². The van der Waals surface area contributed by atoms with Crippen LogP contribution < -0.4 is 0 Å². The van der Waals surface area contributed by atoms with Crippen LogP contribution in [0.3, 0.4) is 0 Å². The first-order valence-corrected chi connectivity index (χ1v) is 16.9. The molecule has 0 unspecified atom stereocenters. The fourth-order valence-corrected chi connectivity index (χ4v) is 7.31. The Hall–Kier alpha value is -8.13. The number of halogens is 5. The van der Waals surface area contributed by atoms with Crippen LogP contribution in [0, 0.1) is 54.4 Å². The van der Waals surface area contributed by atoms with Crippen molar-refractivity contribution in [2.24, 2.45) is 0 Å². The number of nitriles is 2. The van der Waals surface area contributed by atoms with Crippen molar-refractivity contribution in [2.45, 2.75) is 13.1 Å². The number of hydrogen-bond acceptors (Lipinski definition) is 6. The highest BCUT2D eigenvalue weighted by atomic mass is 19.4. The van der Waals surface area contributed by atoms with Crippen molar-refractivity contribution < 1.29 is 22.0 Å². The molecule has 2 aromatic heterocycles. The number of benzene rings is 5. The van der Waals surface area contributed by atoms with Gasteiger partial charge in [0.15, 0.2) is 11.6 Å². The first kappa shape index (κ1) is 34.6. The quantitative estimate of drug-likeness (QED) is 0.0753. The zero-order chi connectivity index (χ0) is 39.9. The van der Waals surface area contributed by atoms with Crippen molar-refractivity contribution >= 4 is 33.2 Å². The average Bonchev–Trinajstić information content (AvgIpc) is 3.71. The number of aryl methyl sites for hydroxylation is 1. The van der Waals surface area contributed by atoms with Gasteiger partial charge in [-0.05, 0) is 64.6 Å². The summed E-state index contributed by atoms with van der Waals surface area (Å²) in [6.45, 7) is 17.4. The van der Waals surface area contributed by atoms with Gasteiger partial charge in [0, 0.05) is 22.3 Å². The SMILES string of the molecule is [C-]#[N+]/C(C#N)=C1/c2cc(-c3ccc(C(F)(F)F)cc3)ccc2-c2nc3c(F)c4nc5c(nc4c(F)c3nc21)-c1ccc(-c2ccc(C)cc2)cc1/C5=C(/C#N)[N+]#[C-]. The van der Waals surface area contributed by atoms with Gasteiger partial charge in [0.2, 0.25) is 0 Å².